The Bertz CT molecular complexity index is 511. The predicted octanol–water partition coefficient (Wildman–Crippen LogP) is 2.65. The zero-order valence-electron chi connectivity index (χ0n) is 13.1. The van der Waals surface area contributed by atoms with E-state index in [-0.39, 0.29) is 11.8 Å². The molecular weight excluding hydrogens is 264 g/mol. The van der Waals surface area contributed by atoms with Crippen molar-refractivity contribution < 1.29 is 9.59 Å². The number of hydrogen-bond acceptors (Lipinski definition) is 2. The molecule has 1 aromatic carbocycles. The van der Waals surface area contributed by atoms with E-state index in [1.54, 1.807) is 4.90 Å². The lowest BCUT2D eigenvalue weighted by Crippen LogP contribution is -2.65. The van der Waals surface area contributed by atoms with Gasteiger partial charge in [-0.15, -0.1) is 0 Å². The van der Waals surface area contributed by atoms with Gasteiger partial charge in [-0.05, 0) is 25.8 Å². The number of carbonyl (C=O) groups excluding carboxylic acids is 2. The fraction of sp³-hybridized carbons (Fsp3) is 0.529. The molecule has 0 aliphatic carbocycles. The first kappa shape index (κ1) is 15.5. The maximum absolute atomic E-state index is 12.8. The third kappa shape index (κ3) is 3.09. The summed E-state index contributed by atoms with van der Waals surface area (Å²) in [5, 5.41) is 2.86. The number of unbranched alkanes of at least 4 members (excludes halogenated alkanes) is 2. The summed E-state index contributed by atoms with van der Waals surface area (Å²) in [4.78, 5) is 26.9. The molecule has 1 atom stereocenters. The molecule has 114 valence electrons. The van der Waals surface area contributed by atoms with Gasteiger partial charge in [-0.2, -0.15) is 0 Å². The monoisotopic (exact) mass is 288 g/mol. The number of amides is 2. The fourth-order valence-corrected chi connectivity index (χ4v) is 2.70. The summed E-state index contributed by atoms with van der Waals surface area (Å²) >= 11 is 0. The molecule has 1 heterocycles. The minimum Gasteiger partial charge on any atom is -0.338 e. The standard InChI is InChI=1S/C17H24N2O2/c1-4-5-9-12-19-15(20)14(13-10-7-6-8-11-13)18-16(21)17(19,2)3/h6-8,10-11,14H,4-5,9,12H2,1-3H3,(H,18,21). The summed E-state index contributed by atoms with van der Waals surface area (Å²) in [6, 6.07) is 8.87. The molecule has 1 fully saturated rings. The molecule has 1 aliphatic heterocycles. The highest BCUT2D eigenvalue weighted by Crippen LogP contribution is 2.28. The van der Waals surface area contributed by atoms with E-state index in [4.69, 9.17) is 0 Å². The second-order valence-electron chi connectivity index (χ2n) is 6.07. The Balaban J connectivity index is 2.24. The molecule has 2 amide bonds. The molecule has 4 heteroatoms. The molecule has 1 unspecified atom stereocenters. The average molecular weight is 288 g/mol. The lowest BCUT2D eigenvalue weighted by Gasteiger charge is -2.44. The lowest BCUT2D eigenvalue weighted by molar-refractivity contribution is -0.155. The van der Waals surface area contributed by atoms with Crippen molar-refractivity contribution in [3.8, 4) is 0 Å². The molecule has 0 aromatic heterocycles. The van der Waals surface area contributed by atoms with E-state index in [1.807, 2.05) is 44.2 Å². The number of benzene rings is 1. The Morgan fingerprint density at radius 1 is 1.14 bits per heavy atom. The molecule has 1 N–H and O–H groups in total. The first-order valence-electron chi connectivity index (χ1n) is 7.66. The highest BCUT2D eigenvalue weighted by molar-refractivity contribution is 5.99. The van der Waals surface area contributed by atoms with Gasteiger partial charge in [0.2, 0.25) is 5.91 Å². The van der Waals surface area contributed by atoms with Crippen LogP contribution in [-0.2, 0) is 9.59 Å². The number of nitrogens with one attached hydrogen (secondary N) is 1. The van der Waals surface area contributed by atoms with Crippen LogP contribution in [0.5, 0.6) is 0 Å². The first-order valence-corrected chi connectivity index (χ1v) is 7.66. The van der Waals surface area contributed by atoms with Crippen molar-refractivity contribution in [3.05, 3.63) is 35.9 Å². The molecule has 1 aliphatic rings. The van der Waals surface area contributed by atoms with E-state index in [0.29, 0.717) is 6.54 Å². The molecule has 0 radical (unpaired) electrons. The number of nitrogens with zero attached hydrogens (tertiary/aromatic N) is 1. The first-order chi connectivity index (χ1) is 9.98. The summed E-state index contributed by atoms with van der Waals surface area (Å²) in [5.41, 5.74) is 0.0580. The Morgan fingerprint density at radius 3 is 2.43 bits per heavy atom. The summed E-state index contributed by atoms with van der Waals surface area (Å²) in [7, 11) is 0. The molecule has 1 saturated heterocycles. The van der Waals surface area contributed by atoms with Crippen molar-refractivity contribution in [2.45, 2.75) is 51.6 Å². The zero-order chi connectivity index (χ0) is 15.5. The minimum absolute atomic E-state index is 0.0121. The van der Waals surface area contributed by atoms with Crippen molar-refractivity contribution in [3.63, 3.8) is 0 Å². The fourth-order valence-electron chi connectivity index (χ4n) is 2.70. The second-order valence-corrected chi connectivity index (χ2v) is 6.07. The molecule has 1 aromatic rings. The Morgan fingerprint density at radius 2 is 1.81 bits per heavy atom. The zero-order valence-corrected chi connectivity index (χ0v) is 13.1. The van der Waals surface area contributed by atoms with E-state index in [2.05, 4.69) is 12.2 Å². The van der Waals surface area contributed by atoms with Crippen LogP contribution in [0.15, 0.2) is 30.3 Å². The van der Waals surface area contributed by atoms with E-state index in [9.17, 15) is 9.59 Å². The van der Waals surface area contributed by atoms with Gasteiger partial charge in [-0.1, -0.05) is 50.1 Å². The summed E-state index contributed by atoms with van der Waals surface area (Å²) in [6.45, 7) is 6.39. The van der Waals surface area contributed by atoms with E-state index in [1.165, 1.54) is 0 Å². The second kappa shape index (κ2) is 6.29. The Kier molecular flexibility index (Phi) is 4.66. The number of rotatable bonds is 5. The SMILES string of the molecule is CCCCCN1C(=O)C(c2ccccc2)NC(=O)C1(C)C. The van der Waals surface area contributed by atoms with Gasteiger partial charge in [0.25, 0.3) is 5.91 Å². The molecule has 0 saturated carbocycles. The molecule has 4 nitrogen and oxygen atoms in total. The minimum atomic E-state index is -0.782. The van der Waals surface area contributed by atoms with Crippen LogP contribution in [0.2, 0.25) is 0 Å². The largest absolute Gasteiger partial charge is 0.338 e. The van der Waals surface area contributed by atoms with Gasteiger partial charge in [-0.3, -0.25) is 9.59 Å². The van der Waals surface area contributed by atoms with E-state index < -0.39 is 11.6 Å². The summed E-state index contributed by atoms with van der Waals surface area (Å²) < 4.78 is 0. The molecule has 2 rings (SSSR count). The van der Waals surface area contributed by atoms with Crippen LogP contribution in [0.4, 0.5) is 0 Å². The predicted molar refractivity (Wildman–Crippen MR) is 82.6 cm³/mol. The maximum atomic E-state index is 12.8. The topological polar surface area (TPSA) is 49.4 Å². The van der Waals surface area contributed by atoms with Crippen LogP contribution in [0.3, 0.4) is 0 Å². The number of hydrogen-bond donors (Lipinski definition) is 1. The van der Waals surface area contributed by atoms with Crippen LogP contribution < -0.4 is 5.32 Å². The van der Waals surface area contributed by atoms with Crippen molar-refractivity contribution in [2.24, 2.45) is 0 Å². The quantitative estimate of drug-likeness (QED) is 0.847. The summed E-state index contributed by atoms with van der Waals surface area (Å²) in [6.07, 6.45) is 3.09. The van der Waals surface area contributed by atoms with Crippen LogP contribution >= 0.6 is 0 Å². The third-order valence-corrected chi connectivity index (χ3v) is 4.14. The lowest BCUT2D eigenvalue weighted by atomic mass is 9.92. The summed E-state index contributed by atoms with van der Waals surface area (Å²) in [5.74, 6) is -0.102. The van der Waals surface area contributed by atoms with Crippen LogP contribution in [0, 0.1) is 0 Å². The highest BCUT2D eigenvalue weighted by Gasteiger charge is 2.46. The number of carbonyl (C=O) groups is 2. The third-order valence-electron chi connectivity index (χ3n) is 4.14. The smallest absolute Gasteiger partial charge is 0.250 e. The van der Waals surface area contributed by atoms with Gasteiger partial charge in [0.15, 0.2) is 0 Å². The molecule has 0 spiro atoms. The van der Waals surface area contributed by atoms with Gasteiger partial charge in [-0.25, -0.2) is 0 Å². The van der Waals surface area contributed by atoms with E-state index >= 15 is 0 Å². The van der Waals surface area contributed by atoms with Crippen molar-refractivity contribution >= 4 is 11.8 Å². The molecule has 21 heavy (non-hydrogen) atoms. The van der Waals surface area contributed by atoms with Gasteiger partial charge < -0.3 is 10.2 Å². The number of piperazine rings is 1. The van der Waals surface area contributed by atoms with Crippen LogP contribution in [0.25, 0.3) is 0 Å². The highest BCUT2D eigenvalue weighted by atomic mass is 16.2. The van der Waals surface area contributed by atoms with Gasteiger partial charge in [0.05, 0.1) is 0 Å². The normalized spacial score (nSPS) is 21.3. The average Bonchev–Trinajstić information content (AvgIpc) is 2.47. The van der Waals surface area contributed by atoms with Crippen molar-refractivity contribution in [2.75, 3.05) is 6.54 Å². The Labute approximate surface area is 126 Å². The molecule has 0 bridgehead atoms. The molecular formula is C17H24N2O2. The van der Waals surface area contributed by atoms with Gasteiger partial charge in [0, 0.05) is 6.54 Å². The van der Waals surface area contributed by atoms with Crippen molar-refractivity contribution in [1.82, 2.24) is 10.2 Å². The maximum Gasteiger partial charge on any atom is 0.250 e. The Hall–Kier alpha value is -1.84. The van der Waals surface area contributed by atoms with Gasteiger partial charge in [0.1, 0.15) is 11.6 Å². The van der Waals surface area contributed by atoms with Crippen molar-refractivity contribution in [1.29, 1.82) is 0 Å². The van der Waals surface area contributed by atoms with Crippen LogP contribution in [-0.4, -0.2) is 28.8 Å². The van der Waals surface area contributed by atoms with Gasteiger partial charge >= 0.3 is 0 Å². The van der Waals surface area contributed by atoms with Crippen LogP contribution in [0.1, 0.15) is 51.6 Å². The van der Waals surface area contributed by atoms with E-state index in [0.717, 1.165) is 24.8 Å².